The van der Waals surface area contributed by atoms with E-state index in [1.54, 1.807) is 0 Å². The Bertz CT molecular complexity index is 2130. The minimum Gasteiger partial charge on any atom is -0.0622 e. The van der Waals surface area contributed by atoms with Gasteiger partial charge in [0.05, 0.1) is 0 Å². The monoisotopic (exact) mass is 536 g/mol. The molecule has 1 aliphatic carbocycles. The fourth-order valence-corrected chi connectivity index (χ4v) is 6.85. The topological polar surface area (TPSA) is 0 Å². The summed E-state index contributed by atoms with van der Waals surface area (Å²) in [5, 5.41) is 5.18. The summed E-state index contributed by atoms with van der Waals surface area (Å²) in [7, 11) is 0. The zero-order valence-electron chi connectivity index (χ0n) is 24.3. The van der Waals surface area contributed by atoms with E-state index < -0.39 is 0 Å². The number of hydrogen-bond acceptors (Lipinski definition) is 0. The van der Waals surface area contributed by atoms with Crippen LogP contribution in [0.2, 0.25) is 0 Å². The average Bonchev–Trinajstić information content (AvgIpc) is 3.36. The quantitative estimate of drug-likeness (QED) is 0.211. The highest BCUT2D eigenvalue weighted by atomic mass is 14.3. The molecule has 0 amide bonds. The van der Waals surface area contributed by atoms with E-state index in [1.807, 2.05) is 0 Å². The van der Waals surface area contributed by atoms with Gasteiger partial charge >= 0.3 is 0 Å². The second-order valence-electron chi connectivity index (χ2n) is 12.6. The molecule has 0 aromatic heterocycles. The van der Waals surface area contributed by atoms with E-state index in [0.29, 0.717) is 0 Å². The van der Waals surface area contributed by atoms with Crippen molar-refractivity contribution < 1.29 is 0 Å². The Morgan fingerprint density at radius 2 is 0.881 bits per heavy atom. The van der Waals surface area contributed by atoms with Gasteiger partial charge in [0.2, 0.25) is 0 Å². The molecule has 0 atom stereocenters. The highest BCUT2D eigenvalue weighted by Crippen LogP contribution is 2.55. The van der Waals surface area contributed by atoms with Crippen molar-refractivity contribution in [3.8, 4) is 55.6 Å². The van der Waals surface area contributed by atoms with E-state index in [0.717, 1.165) is 0 Å². The molecule has 0 heteroatoms. The van der Waals surface area contributed by atoms with Crippen LogP contribution in [0.3, 0.4) is 0 Å². The third-order valence-electron chi connectivity index (χ3n) is 8.97. The Morgan fingerprint density at radius 3 is 1.52 bits per heavy atom. The molecule has 0 saturated heterocycles. The van der Waals surface area contributed by atoms with Gasteiger partial charge in [-0.25, -0.2) is 0 Å². The summed E-state index contributed by atoms with van der Waals surface area (Å²) < 4.78 is 0. The van der Waals surface area contributed by atoms with Gasteiger partial charge in [-0.15, -0.1) is 0 Å². The van der Waals surface area contributed by atoms with Crippen molar-refractivity contribution in [2.45, 2.75) is 26.2 Å². The first-order valence-electron chi connectivity index (χ1n) is 14.9. The molecule has 0 spiro atoms. The number of hydrogen-bond donors (Lipinski definition) is 0. The fourth-order valence-electron chi connectivity index (χ4n) is 6.85. The lowest BCUT2D eigenvalue weighted by molar-refractivity contribution is 0.590. The van der Waals surface area contributed by atoms with Crippen LogP contribution in [-0.2, 0) is 5.41 Å². The largest absolute Gasteiger partial charge is 0.0622 e. The normalized spacial score (nSPS) is 12.2. The van der Waals surface area contributed by atoms with E-state index in [9.17, 15) is 0 Å². The molecule has 0 nitrogen and oxygen atoms in total. The van der Waals surface area contributed by atoms with Crippen LogP contribution in [0.25, 0.3) is 77.2 Å². The molecule has 0 unspecified atom stereocenters. The fraction of sp³-hybridized carbons (Fsp3) is 0.0952. The first-order valence-corrected chi connectivity index (χ1v) is 14.9. The van der Waals surface area contributed by atoms with Crippen LogP contribution >= 0.6 is 0 Å². The molecular formula is C42H32. The van der Waals surface area contributed by atoms with Crippen molar-refractivity contribution in [2.24, 2.45) is 0 Å². The highest BCUT2D eigenvalue weighted by molar-refractivity contribution is 6.21. The summed E-state index contributed by atoms with van der Waals surface area (Å²) in [6, 6.07) is 51.8. The highest BCUT2D eigenvalue weighted by Gasteiger charge is 2.28. The van der Waals surface area contributed by atoms with Crippen molar-refractivity contribution in [1.82, 2.24) is 0 Å². The van der Waals surface area contributed by atoms with Gasteiger partial charge in [0.1, 0.15) is 0 Å². The lowest BCUT2D eigenvalue weighted by Gasteiger charge is -2.21. The first kappa shape index (κ1) is 24.8. The third kappa shape index (κ3) is 3.83. The van der Waals surface area contributed by atoms with Crippen LogP contribution in [0.5, 0.6) is 0 Å². The third-order valence-corrected chi connectivity index (χ3v) is 8.97. The van der Waals surface area contributed by atoms with E-state index in [4.69, 9.17) is 0 Å². The molecule has 0 radical (unpaired) electrons. The van der Waals surface area contributed by atoms with Crippen molar-refractivity contribution in [2.75, 3.05) is 0 Å². The molecule has 1 aliphatic rings. The Morgan fingerprint density at radius 1 is 0.357 bits per heavy atom. The minimum absolute atomic E-state index is 0.121. The standard InChI is InChI=1S/C42H32/c1-42(2,3)32-21-19-28(20-22-32)33-23-24-34(41-36-18-10-16-29-15-9-17-35(39(29)36)40(33)41)38-26-31-14-8-7-13-30(31)25-37(38)27-11-5-4-6-12-27/h4-26H,1-3H3. The maximum atomic E-state index is 2.40. The van der Waals surface area contributed by atoms with Crippen LogP contribution in [0, 0.1) is 0 Å². The van der Waals surface area contributed by atoms with Crippen molar-refractivity contribution in [3.05, 3.63) is 145 Å². The predicted molar refractivity (Wildman–Crippen MR) is 181 cm³/mol. The molecule has 0 fully saturated rings. The number of fused-ring (bicyclic) bond motifs is 4. The van der Waals surface area contributed by atoms with Crippen LogP contribution in [0.4, 0.5) is 0 Å². The van der Waals surface area contributed by atoms with Crippen LogP contribution in [-0.4, -0.2) is 0 Å². The lowest BCUT2D eigenvalue weighted by Crippen LogP contribution is -2.10. The van der Waals surface area contributed by atoms with Gasteiger partial charge in [0.25, 0.3) is 0 Å². The molecule has 0 heterocycles. The number of benzene rings is 7. The van der Waals surface area contributed by atoms with Gasteiger partial charge in [-0.05, 0) is 100 Å². The molecule has 0 N–H and O–H groups in total. The number of rotatable bonds is 3. The van der Waals surface area contributed by atoms with Gasteiger partial charge in [-0.3, -0.25) is 0 Å². The Hall–Kier alpha value is -4.94. The molecule has 8 rings (SSSR count). The zero-order valence-corrected chi connectivity index (χ0v) is 24.3. The maximum Gasteiger partial charge on any atom is -0.00137 e. The molecular weight excluding hydrogens is 504 g/mol. The average molecular weight is 537 g/mol. The molecule has 7 aromatic carbocycles. The summed E-state index contributed by atoms with van der Waals surface area (Å²) >= 11 is 0. The Labute approximate surface area is 247 Å². The minimum atomic E-state index is 0.121. The summed E-state index contributed by atoms with van der Waals surface area (Å²) in [6.45, 7) is 6.83. The van der Waals surface area contributed by atoms with Crippen molar-refractivity contribution in [3.63, 3.8) is 0 Å². The molecule has 0 saturated carbocycles. The molecule has 0 bridgehead atoms. The van der Waals surface area contributed by atoms with E-state index in [-0.39, 0.29) is 5.41 Å². The van der Waals surface area contributed by atoms with E-state index in [1.165, 1.54) is 82.7 Å². The zero-order chi connectivity index (χ0) is 28.4. The summed E-state index contributed by atoms with van der Waals surface area (Å²) in [5.74, 6) is 0. The Balaban J connectivity index is 1.46. The first-order chi connectivity index (χ1) is 20.5. The Kier molecular flexibility index (Phi) is 5.49. The van der Waals surface area contributed by atoms with E-state index in [2.05, 4.69) is 160 Å². The predicted octanol–water partition coefficient (Wildman–Crippen LogP) is 11.9. The van der Waals surface area contributed by atoms with Gasteiger partial charge < -0.3 is 0 Å². The summed E-state index contributed by atoms with van der Waals surface area (Å²) in [5.41, 5.74) is 14.4. The second kappa shape index (κ2) is 9.29. The molecule has 0 aliphatic heterocycles. The second-order valence-corrected chi connectivity index (χ2v) is 12.6. The van der Waals surface area contributed by atoms with Gasteiger partial charge in [-0.1, -0.05) is 148 Å². The maximum absolute atomic E-state index is 2.40. The molecule has 200 valence electrons. The molecule has 7 aromatic rings. The van der Waals surface area contributed by atoms with Crippen LogP contribution in [0.15, 0.2) is 140 Å². The van der Waals surface area contributed by atoms with Crippen molar-refractivity contribution in [1.29, 1.82) is 0 Å². The van der Waals surface area contributed by atoms with Crippen LogP contribution < -0.4 is 0 Å². The van der Waals surface area contributed by atoms with Gasteiger partial charge in [0, 0.05) is 0 Å². The summed E-state index contributed by atoms with van der Waals surface area (Å²) in [4.78, 5) is 0. The SMILES string of the molecule is CC(C)(C)c1ccc(-c2ccc(-c3cc4ccccc4cc3-c3ccccc3)c3c2-c2cccc4cccc-3c24)cc1. The van der Waals surface area contributed by atoms with Crippen molar-refractivity contribution >= 4 is 21.5 Å². The van der Waals surface area contributed by atoms with Gasteiger partial charge in [-0.2, -0.15) is 0 Å². The van der Waals surface area contributed by atoms with E-state index >= 15 is 0 Å². The lowest BCUT2D eigenvalue weighted by atomic mass is 9.83. The van der Waals surface area contributed by atoms with Gasteiger partial charge in [0.15, 0.2) is 0 Å². The smallest absolute Gasteiger partial charge is 0.00137 e. The summed E-state index contributed by atoms with van der Waals surface area (Å²) in [6.07, 6.45) is 0. The molecule has 42 heavy (non-hydrogen) atoms. The van der Waals surface area contributed by atoms with Crippen LogP contribution in [0.1, 0.15) is 26.3 Å².